The molecule has 0 radical (unpaired) electrons. The first kappa shape index (κ1) is 19.8. The summed E-state index contributed by atoms with van der Waals surface area (Å²) >= 11 is 0. The fourth-order valence-corrected chi connectivity index (χ4v) is 2.81. The summed E-state index contributed by atoms with van der Waals surface area (Å²) in [5.74, 6) is 1.87. The minimum Gasteiger partial charge on any atom is -0.493 e. The van der Waals surface area contributed by atoms with Gasteiger partial charge in [-0.05, 0) is 56.8 Å². The summed E-state index contributed by atoms with van der Waals surface area (Å²) in [7, 11) is 1.89. The van der Waals surface area contributed by atoms with Gasteiger partial charge in [0.15, 0.2) is 0 Å². The van der Waals surface area contributed by atoms with Crippen LogP contribution in [-0.2, 0) is 4.79 Å². The number of rotatable bonds is 8. The van der Waals surface area contributed by atoms with Crippen LogP contribution in [0.4, 0.5) is 0 Å². The molecule has 0 saturated carbocycles. The summed E-state index contributed by atoms with van der Waals surface area (Å²) in [6.45, 7) is 5.62. The molecule has 0 aromatic heterocycles. The Labute approximate surface area is 146 Å². The van der Waals surface area contributed by atoms with Crippen LogP contribution in [0.2, 0.25) is 0 Å². The quantitative estimate of drug-likeness (QED) is 0.739. The minimum absolute atomic E-state index is 0. The van der Waals surface area contributed by atoms with E-state index in [4.69, 9.17) is 4.74 Å². The first-order valence-corrected chi connectivity index (χ1v) is 8.30. The second-order valence-electron chi connectivity index (χ2n) is 6.18. The van der Waals surface area contributed by atoms with Crippen molar-refractivity contribution in [3.8, 4) is 5.75 Å². The molecule has 2 rings (SSSR count). The number of carbonyl (C=O) groups excluding carboxylic acids is 1. The standard InChI is InChI=1S/C18H28N2O2.ClH/c1-15-6-3-4-7-17(15)22-13-5-12-20(2)18(21)9-8-16-10-11-19-14-16;/h3-4,6-7,16,19H,5,8-14H2,1-2H3;1H. The number of amides is 1. The maximum atomic E-state index is 12.1. The van der Waals surface area contributed by atoms with Crippen molar-refractivity contribution in [1.29, 1.82) is 0 Å². The molecule has 1 atom stereocenters. The highest BCUT2D eigenvalue weighted by Gasteiger charge is 2.17. The number of nitrogens with one attached hydrogen (secondary N) is 1. The van der Waals surface area contributed by atoms with Crippen LogP contribution in [0.1, 0.15) is 31.2 Å². The van der Waals surface area contributed by atoms with Crippen LogP contribution in [0.25, 0.3) is 0 Å². The lowest BCUT2D eigenvalue weighted by Crippen LogP contribution is -2.29. The summed E-state index contributed by atoms with van der Waals surface area (Å²) in [5.41, 5.74) is 1.15. The highest BCUT2D eigenvalue weighted by atomic mass is 35.5. The molecule has 1 aliphatic heterocycles. The molecule has 1 fully saturated rings. The van der Waals surface area contributed by atoms with Gasteiger partial charge in [-0.15, -0.1) is 12.4 Å². The molecule has 1 aromatic rings. The molecule has 5 heteroatoms. The fraction of sp³-hybridized carbons (Fsp3) is 0.611. The average molecular weight is 341 g/mol. The zero-order valence-electron chi connectivity index (χ0n) is 14.2. The monoisotopic (exact) mass is 340 g/mol. The number of ether oxygens (including phenoxy) is 1. The largest absolute Gasteiger partial charge is 0.493 e. The van der Waals surface area contributed by atoms with Crippen molar-refractivity contribution in [2.45, 2.75) is 32.6 Å². The molecule has 0 bridgehead atoms. The maximum Gasteiger partial charge on any atom is 0.222 e. The first-order chi connectivity index (χ1) is 10.7. The fourth-order valence-electron chi connectivity index (χ4n) is 2.81. The lowest BCUT2D eigenvalue weighted by Gasteiger charge is -2.18. The van der Waals surface area contributed by atoms with E-state index < -0.39 is 0 Å². The van der Waals surface area contributed by atoms with Crippen LogP contribution in [0.5, 0.6) is 5.75 Å². The SMILES string of the molecule is Cc1ccccc1OCCCN(C)C(=O)CCC1CCNC1.Cl. The van der Waals surface area contributed by atoms with Gasteiger partial charge in [-0.1, -0.05) is 18.2 Å². The summed E-state index contributed by atoms with van der Waals surface area (Å²) < 4.78 is 5.76. The first-order valence-electron chi connectivity index (χ1n) is 8.30. The second kappa shape index (κ2) is 10.5. The van der Waals surface area contributed by atoms with Crippen LogP contribution < -0.4 is 10.1 Å². The molecule has 0 spiro atoms. The van der Waals surface area contributed by atoms with E-state index in [0.717, 1.165) is 43.8 Å². The van der Waals surface area contributed by atoms with Crippen molar-refractivity contribution in [2.24, 2.45) is 5.92 Å². The van der Waals surface area contributed by atoms with Crippen molar-refractivity contribution >= 4 is 18.3 Å². The maximum absolute atomic E-state index is 12.1. The Morgan fingerprint density at radius 3 is 2.87 bits per heavy atom. The van der Waals surface area contributed by atoms with E-state index in [9.17, 15) is 4.79 Å². The van der Waals surface area contributed by atoms with Crippen LogP contribution in [-0.4, -0.2) is 44.1 Å². The lowest BCUT2D eigenvalue weighted by molar-refractivity contribution is -0.130. The molecular formula is C18H29ClN2O2. The summed E-state index contributed by atoms with van der Waals surface area (Å²) in [6, 6.07) is 8.02. The van der Waals surface area contributed by atoms with Crippen molar-refractivity contribution in [2.75, 3.05) is 33.3 Å². The number of para-hydroxylation sites is 1. The lowest BCUT2D eigenvalue weighted by atomic mass is 10.0. The predicted molar refractivity (Wildman–Crippen MR) is 96.4 cm³/mol. The van der Waals surface area contributed by atoms with Crippen molar-refractivity contribution < 1.29 is 9.53 Å². The van der Waals surface area contributed by atoms with Gasteiger partial charge in [-0.25, -0.2) is 0 Å². The zero-order chi connectivity index (χ0) is 15.8. The van der Waals surface area contributed by atoms with Crippen molar-refractivity contribution in [3.05, 3.63) is 29.8 Å². The van der Waals surface area contributed by atoms with Gasteiger partial charge in [0.25, 0.3) is 0 Å². The summed E-state index contributed by atoms with van der Waals surface area (Å²) in [5, 5.41) is 3.35. The van der Waals surface area contributed by atoms with Gasteiger partial charge in [0.2, 0.25) is 5.91 Å². The average Bonchev–Trinajstić information content (AvgIpc) is 3.04. The van der Waals surface area contributed by atoms with Gasteiger partial charge >= 0.3 is 0 Å². The molecule has 1 amide bonds. The van der Waals surface area contributed by atoms with Gasteiger partial charge in [0.1, 0.15) is 5.75 Å². The summed E-state index contributed by atoms with van der Waals surface area (Å²) in [4.78, 5) is 13.9. The number of benzene rings is 1. The van der Waals surface area contributed by atoms with Gasteiger partial charge in [-0.3, -0.25) is 4.79 Å². The Kier molecular flexibility index (Phi) is 9.03. The minimum atomic E-state index is 0. The predicted octanol–water partition coefficient (Wildman–Crippen LogP) is 3.03. The molecule has 1 aliphatic rings. The molecule has 4 nitrogen and oxygen atoms in total. The van der Waals surface area contributed by atoms with E-state index in [0.29, 0.717) is 18.9 Å². The molecule has 1 aromatic carbocycles. The Balaban J connectivity index is 0.00000264. The second-order valence-corrected chi connectivity index (χ2v) is 6.18. The van der Waals surface area contributed by atoms with Gasteiger partial charge in [0.05, 0.1) is 6.61 Å². The smallest absolute Gasteiger partial charge is 0.222 e. The highest BCUT2D eigenvalue weighted by molar-refractivity contribution is 5.85. The van der Waals surface area contributed by atoms with Crippen LogP contribution in [0, 0.1) is 12.8 Å². The Morgan fingerprint density at radius 1 is 1.39 bits per heavy atom. The Bertz CT molecular complexity index is 476. The zero-order valence-corrected chi connectivity index (χ0v) is 15.0. The van der Waals surface area contributed by atoms with Crippen LogP contribution >= 0.6 is 12.4 Å². The van der Waals surface area contributed by atoms with Gasteiger partial charge in [-0.2, -0.15) is 0 Å². The normalized spacial score (nSPS) is 16.7. The Hall–Kier alpha value is -1.26. The van der Waals surface area contributed by atoms with Crippen LogP contribution in [0.3, 0.4) is 0 Å². The van der Waals surface area contributed by atoms with Crippen molar-refractivity contribution in [3.63, 3.8) is 0 Å². The molecule has 0 aliphatic carbocycles. The van der Waals surface area contributed by atoms with E-state index in [1.807, 2.05) is 43.1 Å². The number of hydrogen-bond acceptors (Lipinski definition) is 3. The number of nitrogens with zero attached hydrogens (tertiary/aromatic N) is 1. The number of aryl methyl sites for hydroxylation is 1. The highest BCUT2D eigenvalue weighted by Crippen LogP contribution is 2.17. The number of halogens is 1. The third-order valence-electron chi connectivity index (χ3n) is 4.34. The molecule has 130 valence electrons. The van der Waals surface area contributed by atoms with Gasteiger partial charge in [0, 0.05) is 20.0 Å². The van der Waals surface area contributed by atoms with Crippen molar-refractivity contribution in [1.82, 2.24) is 10.2 Å². The van der Waals surface area contributed by atoms with E-state index in [-0.39, 0.29) is 18.3 Å². The van der Waals surface area contributed by atoms with E-state index in [1.165, 1.54) is 6.42 Å². The molecule has 1 N–H and O–H groups in total. The molecule has 1 saturated heterocycles. The third kappa shape index (κ3) is 6.80. The van der Waals surface area contributed by atoms with E-state index >= 15 is 0 Å². The van der Waals surface area contributed by atoms with Crippen LogP contribution in [0.15, 0.2) is 24.3 Å². The molecule has 1 unspecified atom stereocenters. The molecule has 23 heavy (non-hydrogen) atoms. The Morgan fingerprint density at radius 2 is 2.17 bits per heavy atom. The summed E-state index contributed by atoms with van der Waals surface area (Å²) in [6.07, 6.45) is 3.75. The molecular weight excluding hydrogens is 312 g/mol. The van der Waals surface area contributed by atoms with Gasteiger partial charge < -0.3 is 15.0 Å². The number of hydrogen-bond donors (Lipinski definition) is 1. The topological polar surface area (TPSA) is 41.6 Å². The number of carbonyl (C=O) groups is 1. The molecule has 1 heterocycles. The van der Waals surface area contributed by atoms with E-state index in [2.05, 4.69) is 5.32 Å². The third-order valence-corrected chi connectivity index (χ3v) is 4.34. The van der Waals surface area contributed by atoms with E-state index in [1.54, 1.807) is 0 Å².